The Labute approximate surface area is 146 Å². The zero-order chi connectivity index (χ0) is 16.5. The van der Waals surface area contributed by atoms with Crippen LogP contribution < -0.4 is 15.0 Å². The molecule has 0 bridgehead atoms. The summed E-state index contributed by atoms with van der Waals surface area (Å²) in [5.74, 6) is 1.35. The van der Waals surface area contributed by atoms with Gasteiger partial charge < -0.3 is 15.0 Å². The van der Waals surface area contributed by atoms with Crippen molar-refractivity contribution < 1.29 is 9.53 Å². The highest BCUT2D eigenvalue weighted by Gasteiger charge is 2.29. The quantitative estimate of drug-likeness (QED) is 0.925. The Hall–Kier alpha value is -1.82. The number of carbonyl (C=O) groups is 1. The van der Waals surface area contributed by atoms with Crippen molar-refractivity contribution in [1.82, 2.24) is 10.3 Å². The Bertz CT molecular complexity index is 741. The maximum atomic E-state index is 12.2. The largest absolute Gasteiger partial charge is 0.497 e. The minimum Gasteiger partial charge on any atom is -0.497 e. The summed E-state index contributed by atoms with van der Waals surface area (Å²) in [6, 6.07) is 6.26. The van der Waals surface area contributed by atoms with E-state index in [-0.39, 0.29) is 17.9 Å². The number of nitrogens with one attached hydrogen (secondary N) is 1. The number of aromatic nitrogens is 1. The number of anilines is 1. The summed E-state index contributed by atoms with van der Waals surface area (Å²) in [5, 5.41) is 4.29. The van der Waals surface area contributed by atoms with E-state index in [1.165, 1.54) is 11.1 Å². The van der Waals surface area contributed by atoms with Crippen molar-refractivity contribution in [2.24, 2.45) is 5.92 Å². The van der Waals surface area contributed by atoms with Gasteiger partial charge in [0.05, 0.1) is 17.3 Å². The number of hydrogen-bond acceptors (Lipinski definition) is 5. The number of hydrogen-bond donors (Lipinski definition) is 1. The number of rotatable bonds is 4. The van der Waals surface area contributed by atoms with E-state index >= 15 is 0 Å². The third-order valence-electron chi connectivity index (χ3n) is 5.10. The summed E-state index contributed by atoms with van der Waals surface area (Å²) in [4.78, 5) is 19.3. The highest BCUT2D eigenvalue weighted by atomic mass is 32.1. The first-order chi connectivity index (χ1) is 11.7. The number of ether oxygens (including phenoxy) is 1. The van der Waals surface area contributed by atoms with Crippen LogP contribution in [0, 0.1) is 5.92 Å². The molecule has 1 unspecified atom stereocenters. The fourth-order valence-electron chi connectivity index (χ4n) is 3.42. The first-order valence-electron chi connectivity index (χ1n) is 8.73. The Balaban J connectivity index is 1.46. The molecule has 2 fully saturated rings. The number of carbonyl (C=O) groups excluding carboxylic acids is 1. The van der Waals surface area contributed by atoms with Crippen LogP contribution in [-0.2, 0) is 4.79 Å². The second-order valence-electron chi connectivity index (χ2n) is 6.75. The standard InChI is InChI=1S/C18H23N3O2S/c1-23-14-7-8-16-15(10-14)20-18(24-16)21-9-3-6-13(11-21)19-17(22)12-4-2-5-12/h7-8,10,12-13H,2-6,9,11H2,1H3,(H,19,22). The monoisotopic (exact) mass is 345 g/mol. The van der Waals surface area contributed by atoms with Crippen molar-refractivity contribution in [2.45, 2.75) is 38.1 Å². The van der Waals surface area contributed by atoms with Crippen LogP contribution in [0.25, 0.3) is 10.2 Å². The lowest BCUT2D eigenvalue weighted by Crippen LogP contribution is -2.50. The minimum atomic E-state index is 0.244. The van der Waals surface area contributed by atoms with Crippen molar-refractivity contribution in [3.8, 4) is 5.75 Å². The molecule has 1 aromatic carbocycles. The third kappa shape index (κ3) is 3.07. The third-order valence-corrected chi connectivity index (χ3v) is 6.19. The van der Waals surface area contributed by atoms with Crippen LogP contribution in [0.4, 0.5) is 5.13 Å². The van der Waals surface area contributed by atoms with Crippen LogP contribution in [-0.4, -0.2) is 37.1 Å². The number of nitrogens with zero attached hydrogens (tertiary/aromatic N) is 2. The Kier molecular flexibility index (Phi) is 4.31. The minimum absolute atomic E-state index is 0.244. The van der Waals surface area contributed by atoms with Crippen LogP contribution in [0.5, 0.6) is 5.75 Å². The van der Waals surface area contributed by atoms with E-state index in [1.807, 2.05) is 12.1 Å². The molecule has 24 heavy (non-hydrogen) atoms. The second kappa shape index (κ2) is 6.59. The van der Waals surface area contributed by atoms with E-state index in [4.69, 9.17) is 9.72 Å². The van der Waals surface area contributed by atoms with E-state index in [0.29, 0.717) is 0 Å². The Morgan fingerprint density at radius 2 is 2.21 bits per heavy atom. The van der Waals surface area contributed by atoms with Gasteiger partial charge in [-0.1, -0.05) is 17.8 Å². The molecule has 1 N–H and O–H groups in total. The molecule has 1 atom stereocenters. The second-order valence-corrected chi connectivity index (χ2v) is 7.76. The fraction of sp³-hybridized carbons (Fsp3) is 0.556. The molecule has 0 radical (unpaired) electrons. The molecule has 1 amide bonds. The zero-order valence-electron chi connectivity index (χ0n) is 14.0. The van der Waals surface area contributed by atoms with Crippen LogP contribution in [0.15, 0.2) is 18.2 Å². The van der Waals surface area contributed by atoms with Gasteiger partial charge in [-0.2, -0.15) is 0 Å². The van der Waals surface area contributed by atoms with Gasteiger partial charge >= 0.3 is 0 Å². The molecule has 4 rings (SSSR count). The van der Waals surface area contributed by atoms with Crippen LogP contribution in [0.1, 0.15) is 32.1 Å². The van der Waals surface area contributed by atoms with Gasteiger partial charge in [-0.05, 0) is 37.8 Å². The summed E-state index contributed by atoms with van der Waals surface area (Å²) in [6.45, 7) is 1.86. The fourth-order valence-corrected chi connectivity index (χ4v) is 4.40. The topological polar surface area (TPSA) is 54.5 Å². The maximum Gasteiger partial charge on any atom is 0.223 e. The van der Waals surface area contributed by atoms with E-state index in [2.05, 4.69) is 16.3 Å². The summed E-state index contributed by atoms with van der Waals surface area (Å²) >= 11 is 1.71. The van der Waals surface area contributed by atoms with E-state index < -0.39 is 0 Å². The predicted octanol–water partition coefficient (Wildman–Crippen LogP) is 3.19. The first kappa shape index (κ1) is 15.7. The van der Waals surface area contributed by atoms with Gasteiger partial charge in [0.2, 0.25) is 5.91 Å². The highest BCUT2D eigenvalue weighted by Crippen LogP contribution is 2.32. The lowest BCUT2D eigenvalue weighted by molar-refractivity contribution is -0.128. The number of amides is 1. The molecule has 2 heterocycles. The van der Waals surface area contributed by atoms with E-state index in [0.717, 1.165) is 55.2 Å². The molecule has 1 aromatic heterocycles. The van der Waals surface area contributed by atoms with Crippen LogP contribution >= 0.6 is 11.3 Å². The highest BCUT2D eigenvalue weighted by molar-refractivity contribution is 7.22. The molecule has 6 heteroatoms. The number of thiazole rings is 1. The van der Waals surface area contributed by atoms with Crippen molar-refractivity contribution in [3.63, 3.8) is 0 Å². The van der Waals surface area contributed by atoms with Gasteiger partial charge in [-0.3, -0.25) is 4.79 Å². The molecule has 1 aliphatic carbocycles. The SMILES string of the molecule is COc1ccc2sc(N3CCCC(NC(=O)C4CCC4)C3)nc2c1. The molecule has 1 saturated carbocycles. The van der Waals surface area contributed by atoms with E-state index in [9.17, 15) is 4.79 Å². The average molecular weight is 345 g/mol. The van der Waals surface area contributed by atoms with Gasteiger partial charge in [-0.15, -0.1) is 0 Å². The lowest BCUT2D eigenvalue weighted by Gasteiger charge is -2.34. The maximum absolute atomic E-state index is 12.2. The van der Waals surface area contributed by atoms with Gasteiger partial charge in [-0.25, -0.2) is 4.98 Å². The van der Waals surface area contributed by atoms with Gasteiger partial charge in [0.25, 0.3) is 0 Å². The molecule has 0 spiro atoms. The lowest BCUT2D eigenvalue weighted by atomic mass is 9.84. The number of fused-ring (bicyclic) bond motifs is 1. The van der Waals surface area contributed by atoms with Crippen molar-refractivity contribution in [1.29, 1.82) is 0 Å². The Morgan fingerprint density at radius 1 is 1.33 bits per heavy atom. The zero-order valence-corrected chi connectivity index (χ0v) is 14.8. The summed E-state index contributed by atoms with van der Waals surface area (Å²) in [6.07, 6.45) is 5.47. The molecular formula is C18H23N3O2S. The first-order valence-corrected chi connectivity index (χ1v) is 9.54. The molecule has 2 aliphatic rings. The van der Waals surface area contributed by atoms with Crippen molar-refractivity contribution >= 4 is 32.6 Å². The average Bonchev–Trinajstić information content (AvgIpc) is 2.96. The Morgan fingerprint density at radius 3 is 2.96 bits per heavy atom. The molecular weight excluding hydrogens is 322 g/mol. The van der Waals surface area contributed by atoms with E-state index in [1.54, 1.807) is 18.4 Å². The summed E-state index contributed by atoms with van der Waals surface area (Å²) in [7, 11) is 1.68. The van der Waals surface area contributed by atoms with Gasteiger partial charge in [0, 0.05) is 31.1 Å². The normalized spacial score (nSPS) is 21.5. The van der Waals surface area contributed by atoms with Crippen LogP contribution in [0.3, 0.4) is 0 Å². The van der Waals surface area contributed by atoms with Crippen molar-refractivity contribution in [3.05, 3.63) is 18.2 Å². The van der Waals surface area contributed by atoms with Gasteiger partial charge in [0.15, 0.2) is 5.13 Å². The van der Waals surface area contributed by atoms with Crippen molar-refractivity contribution in [2.75, 3.05) is 25.1 Å². The summed E-state index contributed by atoms with van der Waals surface area (Å²) in [5.41, 5.74) is 0.981. The summed E-state index contributed by atoms with van der Waals surface area (Å²) < 4.78 is 6.45. The molecule has 5 nitrogen and oxygen atoms in total. The smallest absolute Gasteiger partial charge is 0.223 e. The number of methoxy groups -OCH3 is 1. The molecule has 1 aliphatic heterocycles. The van der Waals surface area contributed by atoms with Crippen LogP contribution in [0.2, 0.25) is 0 Å². The molecule has 1 saturated heterocycles. The predicted molar refractivity (Wildman–Crippen MR) is 96.9 cm³/mol. The number of benzene rings is 1. The molecule has 2 aromatic rings. The molecule has 128 valence electrons. The van der Waals surface area contributed by atoms with Gasteiger partial charge in [0.1, 0.15) is 5.75 Å². The number of piperidine rings is 1.